The Morgan fingerprint density at radius 3 is 2.52 bits per heavy atom. The third-order valence-corrected chi connectivity index (χ3v) is 3.77. The van der Waals surface area contributed by atoms with E-state index in [1.54, 1.807) is 5.06 Å². The first-order chi connectivity index (χ1) is 10.2. The monoisotopic (exact) mass is 286 g/mol. The van der Waals surface area contributed by atoms with Crippen LogP contribution in [0.1, 0.15) is 26.2 Å². The molecule has 0 N–H and O–H groups in total. The summed E-state index contributed by atoms with van der Waals surface area (Å²) in [6, 6.07) is 10.0. The predicted molar refractivity (Wildman–Crippen MR) is 84.7 cm³/mol. The van der Waals surface area contributed by atoms with Crippen LogP contribution in [0.5, 0.6) is 0 Å². The number of rotatable bonds is 1. The summed E-state index contributed by atoms with van der Waals surface area (Å²) in [5.74, 6) is 1.75. The van der Waals surface area contributed by atoms with Gasteiger partial charge in [-0.3, -0.25) is 4.84 Å². The van der Waals surface area contributed by atoms with Crippen molar-refractivity contribution >= 4 is 17.5 Å². The molecule has 2 fully saturated rings. The molecule has 2 aliphatic heterocycles. The molecule has 0 radical (unpaired) electrons. The zero-order valence-electron chi connectivity index (χ0n) is 12.7. The van der Waals surface area contributed by atoms with Crippen molar-refractivity contribution in [3.05, 3.63) is 30.3 Å². The molecular weight excluding hydrogens is 264 g/mol. The van der Waals surface area contributed by atoms with Gasteiger partial charge in [-0.15, -0.1) is 0 Å². The first-order valence-electron chi connectivity index (χ1n) is 7.59. The van der Waals surface area contributed by atoms with E-state index in [4.69, 9.17) is 14.8 Å². The minimum atomic E-state index is 0.185. The average Bonchev–Trinajstić information content (AvgIpc) is 3.10. The molecule has 1 atom stereocenters. The fourth-order valence-electron chi connectivity index (χ4n) is 2.69. The van der Waals surface area contributed by atoms with E-state index in [9.17, 15) is 0 Å². The minimum Gasteiger partial charge on any atom is -0.341 e. The molecule has 3 rings (SSSR count). The zero-order valence-corrected chi connectivity index (χ0v) is 12.7. The van der Waals surface area contributed by atoms with Crippen LogP contribution < -0.4 is 0 Å². The van der Waals surface area contributed by atoms with Crippen LogP contribution in [-0.4, -0.2) is 48.0 Å². The molecule has 2 aliphatic rings. The fraction of sp³-hybridized carbons (Fsp3) is 0.500. The highest BCUT2D eigenvalue weighted by atomic mass is 16.7. The van der Waals surface area contributed by atoms with E-state index in [2.05, 4.69) is 11.8 Å². The lowest BCUT2D eigenvalue weighted by atomic mass is 10.3. The van der Waals surface area contributed by atoms with Gasteiger partial charge in [-0.05, 0) is 31.9 Å². The van der Waals surface area contributed by atoms with Gasteiger partial charge in [0.15, 0.2) is 0 Å². The smallest absolute Gasteiger partial charge is 0.227 e. The molecule has 0 bridgehead atoms. The van der Waals surface area contributed by atoms with Gasteiger partial charge >= 0.3 is 0 Å². The van der Waals surface area contributed by atoms with Crippen LogP contribution >= 0.6 is 0 Å². The largest absolute Gasteiger partial charge is 0.341 e. The Kier molecular flexibility index (Phi) is 4.20. The van der Waals surface area contributed by atoms with Gasteiger partial charge in [-0.2, -0.15) is 4.99 Å². The van der Waals surface area contributed by atoms with E-state index in [0.717, 1.165) is 37.0 Å². The van der Waals surface area contributed by atoms with Gasteiger partial charge in [0.2, 0.25) is 5.96 Å². The molecule has 5 heteroatoms. The summed E-state index contributed by atoms with van der Waals surface area (Å²) >= 11 is 0. The Hall–Kier alpha value is -1.88. The molecule has 0 saturated carbocycles. The van der Waals surface area contributed by atoms with Crippen LogP contribution in [0.15, 0.2) is 40.3 Å². The SMILES string of the molecule is CC1CC(=NC(=Nc2ccccc2)N2CCCC2)N(C)O1. The van der Waals surface area contributed by atoms with E-state index >= 15 is 0 Å². The number of amidine groups is 1. The number of hydrogen-bond acceptors (Lipinski definition) is 2. The summed E-state index contributed by atoms with van der Waals surface area (Å²) in [6.45, 7) is 4.12. The quantitative estimate of drug-likeness (QED) is 0.589. The van der Waals surface area contributed by atoms with Gasteiger partial charge < -0.3 is 4.90 Å². The maximum atomic E-state index is 5.62. The molecule has 0 spiro atoms. The van der Waals surface area contributed by atoms with E-state index in [1.807, 2.05) is 37.4 Å². The van der Waals surface area contributed by atoms with Gasteiger partial charge in [-0.25, -0.2) is 10.1 Å². The number of likely N-dealkylation sites (tertiary alicyclic amines) is 1. The summed E-state index contributed by atoms with van der Waals surface area (Å²) in [5, 5.41) is 1.77. The number of para-hydroxylation sites is 1. The van der Waals surface area contributed by atoms with Gasteiger partial charge in [0.05, 0.1) is 11.8 Å². The topological polar surface area (TPSA) is 40.4 Å². The van der Waals surface area contributed by atoms with Gasteiger partial charge in [0.1, 0.15) is 5.84 Å². The lowest BCUT2D eigenvalue weighted by molar-refractivity contribution is -0.0889. The Labute approximate surface area is 125 Å². The molecular formula is C16H22N4O. The number of aliphatic imine (C=N–C) groups is 2. The fourth-order valence-corrected chi connectivity index (χ4v) is 2.69. The van der Waals surface area contributed by atoms with E-state index in [-0.39, 0.29) is 6.10 Å². The van der Waals surface area contributed by atoms with Crippen LogP contribution in [-0.2, 0) is 4.84 Å². The lowest BCUT2D eigenvalue weighted by Gasteiger charge is -2.18. The lowest BCUT2D eigenvalue weighted by Crippen LogP contribution is -2.29. The van der Waals surface area contributed by atoms with Crippen molar-refractivity contribution in [2.75, 3.05) is 20.1 Å². The molecule has 2 saturated heterocycles. The van der Waals surface area contributed by atoms with Crippen molar-refractivity contribution in [1.82, 2.24) is 9.96 Å². The first kappa shape index (κ1) is 14.1. The first-order valence-corrected chi connectivity index (χ1v) is 7.59. The average molecular weight is 286 g/mol. The number of hydrogen-bond donors (Lipinski definition) is 0. The highest BCUT2D eigenvalue weighted by Crippen LogP contribution is 2.18. The van der Waals surface area contributed by atoms with Crippen molar-refractivity contribution in [3.63, 3.8) is 0 Å². The van der Waals surface area contributed by atoms with E-state index < -0.39 is 0 Å². The van der Waals surface area contributed by atoms with Gasteiger partial charge in [-0.1, -0.05) is 18.2 Å². The molecule has 21 heavy (non-hydrogen) atoms. The molecule has 0 aromatic heterocycles. The standard InChI is InChI=1S/C16H22N4O/c1-13-12-15(19(2)21-13)18-16(20-10-6-7-11-20)17-14-8-4-3-5-9-14/h3-5,8-9,13H,6-7,10-12H2,1-2H3. The minimum absolute atomic E-state index is 0.185. The summed E-state index contributed by atoms with van der Waals surface area (Å²) in [7, 11) is 1.91. The summed E-state index contributed by atoms with van der Waals surface area (Å²) < 4.78 is 0. The van der Waals surface area contributed by atoms with Crippen molar-refractivity contribution in [1.29, 1.82) is 0 Å². The molecule has 1 unspecified atom stereocenters. The predicted octanol–water partition coefficient (Wildman–Crippen LogP) is 2.82. The van der Waals surface area contributed by atoms with E-state index in [1.165, 1.54) is 12.8 Å². The Morgan fingerprint density at radius 2 is 1.90 bits per heavy atom. The summed E-state index contributed by atoms with van der Waals surface area (Å²) in [4.78, 5) is 17.4. The molecule has 1 aromatic carbocycles. The highest BCUT2D eigenvalue weighted by molar-refractivity contribution is 5.97. The normalized spacial score (nSPS) is 25.1. The third kappa shape index (κ3) is 3.42. The van der Waals surface area contributed by atoms with Crippen molar-refractivity contribution in [2.45, 2.75) is 32.3 Å². The number of guanidine groups is 1. The summed E-state index contributed by atoms with van der Waals surface area (Å²) in [6.07, 6.45) is 3.44. The van der Waals surface area contributed by atoms with Crippen LogP contribution in [0.25, 0.3) is 0 Å². The molecule has 2 heterocycles. The summed E-state index contributed by atoms with van der Waals surface area (Å²) in [5.41, 5.74) is 0.943. The molecule has 112 valence electrons. The third-order valence-electron chi connectivity index (χ3n) is 3.77. The molecule has 0 amide bonds. The van der Waals surface area contributed by atoms with Gasteiger partial charge in [0, 0.05) is 26.6 Å². The Morgan fingerprint density at radius 1 is 1.19 bits per heavy atom. The second-order valence-corrected chi connectivity index (χ2v) is 5.59. The van der Waals surface area contributed by atoms with Crippen LogP contribution in [0, 0.1) is 0 Å². The maximum absolute atomic E-state index is 5.62. The molecule has 5 nitrogen and oxygen atoms in total. The number of benzene rings is 1. The second kappa shape index (κ2) is 6.26. The number of nitrogens with zero attached hydrogens (tertiary/aromatic N) is 4. The maximum Gasteiger partial charge on any atom is 0.227 e. The van der Waals surface area contributed by atoms with Crippen LogP contribution in [0.3, 0.4) is 0 Å². The van der Waals surface area contributed by atoms with Crippen molar-refractivity contribution in [3.8, 4) is 0 Å². The Balaban J connectivity index is 1.89. The second-order valence-electron chi connectivity index (χ2n) is 5.59. The molecule has 1 aromatic rings. The van der Waals surface area contributed by atoms with Crippen LogP contribution in [0.2, 0.25) is 0 Å². The van der Waals surface area contributed by atoms with Crippen molar-refractivity contribution < 1.29 is 4.84 Å². The van der Waals surface area contributed by atoms with Crippen LogP contribution in [0.4, 0.5) is 5.69 Å². The highest BCUT2D eigenvalue weighted by Gasteiger charge is 2.25. The Bertz CT molecular complexity index is 534. The van der Waals surface area contributed by atoms with E-state index in [0.29, 0.717) is 0 Å². The number of hydroxylamine groups is 2. The molecule has 0 aliphatic carbocycles. The van der Waals surface area contributed by atoms with Gasteiger partial charge in [0.25, 0.3) is 0 Å². The zero-order chi connectivity index (χ0) is 14.7. The van der Waals surface area contributed by atoms with Crippen molar-refractivity contribution in [2.24, 2.45) is 9.98 Å².